The number of hydrogen-bond donors (Lipinski definition) is 3. The molecule has 13 nitrogen and oxygen atoms in total. The van der Waals surface area contributed by atoms with Gasteiger partial charge in [-0.3, -0.25) is 4.79 Å². The van der Waals surface area contributed by atoms with Gasteiger partial charge < -0.3 is 35.4 Å². The number of aliphatic carboxylic acids is 1. The fraction of sp³-hybridized carbons (Fsp3) is 0.538. The number of benzene rings is 1. The first-order valence-corrected chi connectivity index (χ1v) is 12.6. The Kier molecular flexibility index (Phi) is 11.2. The Balaban J connectivity index is 1.88. The van der Waals surface area contributed by atoms with Crippen LogP contribution < -0.4 is 11.1 Å². The zero-order valence-electron chi connectivity index (χ0n) is 22.9. The van der Waals surface area contributed by atoms with E-state index in [1.807, 2.05) is 6.92 Å². The number of aliphatic imine (C=N–C) groups is 1. The van der Waals surface area contributed by atoms with Crippen LogP contribution in [0.1, 0.15) is 64.5 Å². The van der Waals surface area contributed by atoms with Crippen LogP contribution in [0.25, 0.3) is 0 Å². The van der Waals surface area contributed by atoms with Crippen molar-refractivity contribution in [3.05, 3.63) is 35.4 Å². The maximum absolute atomic E-state index is 12.7. The molecule has 1 heterocycles. The van der Waals surface area contributed by atoms with Crippen molar-refractivity contribution in [3.63, 3.8) is 0 Å². The third kappa shape index (κ3) is 10.6. The molecule has 4 N–H and O–H groups in total. The Morgan fingerprint density at radius 2 is 1.92 bits per heavy atom. The molecule has 39 heavy (non-hydrogen) atoms. The molecule has 0 spiro atoms. The summed E-state index contributed by atoms with van der Waals surface area (Å²) in [6.45, 7) is 7.06. The first-order valence-electron chi connectivity index (χ1n) is 12.6. The average molecular weight is 548 g/mol. The second-order valence-electron chi connectivity index (χ2n) is 10.0. The number of amidine groups is 1. The fourth-order valence-electron chi connectivity index (χ4n) is 3.39. The van der Waals surface area contributed by atoms with Crippen molar-refractivity contribution >= 4 is 35.6 Å². The summed E-state index contributed by atoms with van der Waals surface area (Å²) in [6.07, 6.45) is -0.370. The van der Waals surface area contributed by atoms with Crippen LogP contribution in [-0.2, 0) is 23.9 Å². The molecule has 2 atom stereocenters. The van der Waals surface area contributed by atoms with Gasteiger partial charge in [-0.25, -0.2) is 14.4 Å². The number of carbonyl (C=O) groups excluding carboxylic acids is 3. The van der Waals surface area contributed by atoms with Crippen LogP contribution in [0.5, 0.6) is 0 Å². The average Bonchev–Trinajstić information content (AvgIpc) is 3.30. The predicted molar refractivity (Wildman–Crippen MR) is 142 cm³/mol. The molecule has 1 aliphatic heterocycles. The quantitative estimate of drug-likeness (QED) is 0.213. The maximum atomic E-state index is 12.7. The van der Waals surface area contributed by atoms with E-state index in [1.165, 1.54) is 11.9 Å². The van der Waals surface area contributed by atoms with Crippen LogP contribution in [0.3, 0.4) is 0 Å². The normalized spacial score (nSPS) is 16.0. The molecule has 0 saturated heterocycles. The number of rotatable bonds is 11. The van der Waals surface area contributed by atoms with Gasteiger partial charge in [-0.15, -0.1) is 0 Å². The zero-order chi connectivity index (χ0) is 29.2. The number of carbonyl (C=O) groups is 4. The summed E-state index contributed by atoms with van der Waals surface area (Å²) < 4.78 is 10.1. The molecular weight excluding hydrogens is 510 g/mol. The third-order valence-electron chi connectivity index (χ3n) is 5.46. The van der Waals surface area contributed by atoms with Crippen LogP contribution in [0.2, 0.25) is 0 Å². The molecule has 0 radical (unpaired) electrons. The minimum atomic E-state index is -1.32. The smallest absolute Gasteiger partial charge is 0.436 e. The number of oxime groups is 1. The first kappa shape index (κ1) is 31.1. The van der Waals surface area contributed by atoms with Crippen molar-refractivity contribution in [3.8, 4) is 0 Å². The Morgan fingerprint density at radius 3 is 2.51 bits per heavy atom. The molecule has 13 heteroatoms. The number of amides is 3. The number of likely N-dealkylation sites (N-methyl/N-ethyl adjacent to an activating group) is 1. The van der Waals surface area contributed by atoms with Crippen molar-refractivity contribution in [1.82, 2.24) is 10.2 Å². The van der Waals surface area contributed by atoms with E-state index >= 15 is 0 Å². The number of alkyl carbamates (subject to hydrolysis) is 1. The van der Waals surface area contributed by atoms with E-state index in [0.717, 1.165) is 12.0 Å². The monoisotopic (exact) mass is 547 g/mol. The van der Waals surface area contributed by atoms with Crippen molar-refractivity contribution < 1.29 is 38.6 Å². The summed E-state index contributed by atoms with van der Waals surface area (Å²) in [6, 6.07) is 5.52. The lowest BCUT2D eigenvalue weighted by Crippen LogP contribution is -2.49. The van der Waals surface area contributed by atoms with E-state index in [4.69, 9.17) is 20.0 Å². The van der Waals surface area contributed by atoms with Gasteiger partial charge in [0.15, 0.2) is 0 Å². The van der Waals surface area contributed by atoms with Gasteiger partial charge in [0.25, 0.3) is 0 Å². The number of ether oxygens (including phenoxy) is 2. The van der Waals surface area contributed by atoms with Gasteiger partial charge in [-0.05, 0) is 32.8 Å². The molecule has 0 aromatic heterocycles. The molecule has 2 rings (SSSR count). The molecule has 1 aromatic carbocycles. The number of nitrogens with one attached hydrogen (secondary N) is 1. The lowest BCUT2D eigenvalue weighted by molar-refractivity contribution is -0.141. The molecule has 3 amide bonds. The summed E-state index contributed by atoms with van der Waals surface area (Å²) in [5, 5.41) is 15.8. The molecule has 1 aliphatic rings. The van der Waals surface area contributed by atoms with Crippen LogP contribution in [0, 0.1) is 0 Å². The minimum absolute atomic E-state index is 0.00954. The lowest BCUT2D eigenvalue weighted by Gasteiger charge is -2.23. The van der Waals surface area contributed by atoms with E-state index in [1.54, 1.807) is 45.0 Å². The molecule has 1 unspecified atom stereocenters. The van der Waals surface area contributed by atoms with Crippen LogP contribution in [0.4, 0.5) is 9.59 Å². The number of carboxylic acid groups (broad SMARTS) is 1. The number of nitrogens with two attached hydrogens (primary N) is 1. The van der Waals surface area contributed by atoms with Gasteiger partial charge in [-0.2, -0.15) is 4.99 Å². The summed E-state index contributed by atoms with van der Waals surface area (Å²) in [5.41, 5.74) is 7.11. The van der Waals surface area contributed by atoms with Crippen molar-refractivity contribution in [2.45, 2.75) is 71.1 Å². The largest absolute Gasteiger partial charge is 0.480 e. The standard InChI is InChI=1S/C26H37N5O8/c1-6-7-12-37-24(35)28-20(23(33)34)15-31(5)21(32)14-18-13-19(30-39-18)16-8-10-17(11-9-16)22(27)29-25(36)38-26(2,3)4/h8-11,18,20H,6-7,12-15H2,1-5H3,(H,28,35)(H,33,34)(H2,27,29,36)/t18?,20-/m0/s1. The van der Waals surface area contributed by atoms with Crippen LogP contribution >= 0.6 is 0 Å². The predicted octanol–water partition coefficient (Wildman–Crippen LogP) is 2.65. The molecule has 0 saturated carbocycles. The second kappa shape index (κ2) is 14.1. The highest BCUT2D eigenvalue weighted by Crippen LogP contribution is 2.20. The Labute approximate surface area is 227 Å². The van der Waals surface area contributed by atoms with E-state index in [9.17, 15) is 24.3 Å². The molecular formula is C26H37N5O8. The van der Waals surface area contributed by atoms with Gasteiger partial charge in [0.1, 0.15) is 23.6 Å². The first-order chi connectivity index (χ1) is 18.3. The van der Waals surface area contributed by atoms with Crippen molar-refractivity contribution in [2.75, 3.05) is 20.2 Å². The van der Waals surface area contributed by atoms with Gasteiger partial charge in [-0.1, -0.05) is 42.8 Å². The van der Waals surface area contributed by atoms with Crippen LogP contribution in [0.15, 0.2) is 34.4 Å². The van der Waals surface area contributed by atoms with E-state index < -0.39 is 35.9 Å². The zero-order valence-corrected chi connectivity index (χ0v) is 22.9. The molecule has 214 valence electrons. The molecule has 0 bridgehead atoms. The summed E-state index contributed by atoms with van der Waals surface area (Å²) in [7, 11) is 1.45. The summed E-state index contributed by atoms with van der Waals surface area (Å²) >= 11 is 0. The third-order valence-corrected chi connectivity index (χ3v) is 5.46. The number of hydrogen-bond acceptors (Lipinski definition) is 8. The van der Waals surface area contributed by atoms with E-state index in [2.05, 4.69) is 15.5 Å². The van der Waals surface area contributed by atoms with Crippen LogP contribution in [-0.4, -0.2) is 83.6 Å². The second-order valence-corrected chi connectivity index (χ2v) is 10.0. The van der Waals surface area contributed by atoms with E-state index in [-0.39, 0.29) is 31.3 Å². The fourth-order valence-corrected chi connectivity index (χ4v) is 3.39. The molecule has 0 fully saturated rings. The van der Waals surface area contributed by atoms with Crippen molar-refractivity contribution in [1.29, 1.82) is 0 Å². The summed E-state index contributed by atoms with van der Waals surface area (Å²) in [4.78, 5) is 58.3. The highest BCUT2D eigenvalue weighted by molar-refractivity contribution is 6.05. The number of unbranched alkanes of at least 4 members (excludes halogenated alkanes) is 1. The lowest BCUT2D eigenvalue weighted by atomic mass is 10.0. The van der Waals surface area contributed by atoms with Gasteiger partial charge in [0.2, 0.25) is 5.91 Å². The minimum Gasteiger partial charge on any atom is -0.480 e. The highest BCUT2D eigenvalue weighted by Gasteiger charge is 2.29. The van der Waals surface area contributed by atoms with Gasteiger partial charge in [0.05, 0.1) is 25.3 Å². The summed E-state index contributed by atoms with van der Waals surface area (Å²) in [5.74, 6) is -1.65. The Bertz CT molecular complexity index is 1090. The maximum Gasteiger partial charge on any atom is 0.436 e. The molecule has 1 aromatic rings. The highest BCUT2D eigenvalue weighted by atomic mass is 16.6. The topological polar surface area (TPSA) is 182 Å². The van der Waals surface area contributed by atoms with E-state index in [0.29, 0.717) is 24.1 Å². The number of carboxylic acids is 1. The molecule has 0 aliphatic carbocycles. The van der Waals surface area contributed by atoms with Gasteiger partial charge in [0, 0.05) is 19.0 Å². The Hall–Kier alpha value is -4.16. The van der Waals surface area contributed by atoms with Gasteiger partial charge >= 0.3 is 18.2 Å². The SMILES string of the molecule is CCCCOC(=O)N[C@@H](CN(C)C(=O)CC1CC(c2ccc(/C(N)=N/C(=O)OC(C)(C)C)cc2)=NO1)C(=O)O. The van der Waals surface area contributed by atoms with Crippen molar-refractivity contribution in [2.24, 2.45) is 15.9 Å². The number of nitrogens with zero attached hydrogens (tertiary/aromatic N) is 3. The Morgan fingerprint density at radius 1 is 1.26 bits per heavy atom.